The normalized spacial score (nSPS) is 14.1. The molecule has 0 unspecified atom stereocenters. The highest BCUT2D eigenvalue weighted by Crippen LogP contribution is 2.28. The van der Waals surface area contributed by atoms with Crippen LogP contribution in [0.4, 0.5) is 19.3 Å². The number of carbonyl (C=O) groups is 2. The van der Waals surface area contributed by atoms with Crippen molar-refractivity contribution < 1.29 is 23.1 Å². The van der Waals surface area contributed by atoms with Gasteiger partial charge in [0.05, 0.1) is 11.3 Å². The fraction of sp³-hybridized carbons (Fsp3) is 0.467. The molecule has 23 heavy (non-hydrogen) atoms. The number of benzene rings is 1. The van der Waals surface area contributed by atoms with E-state index in [1.807, 2.05) is 0 Å². The summed E-state index contributed by atoms with van der Waals surface area (Å²) >= 11 is 0. The minimum Gasteiger partial charge on any atom is -0.443 e. The molecule has 2 amide bonds. The van der Waals surface area contributed by atoms with Crippen LogP contribution in [0.25, 0.3) is 0 Å². The summed E-state index contributed by atoms with van der Waals surface area (Å²) in [4.78, 5) is 23.6. The highest BCUT2D eigenvalue weighted by atomic mass is 19.2. The van der Waals surface area contributed by atoms with E-state index in [0.717, 1.165) is 25.0 Å². The van der Waals surface area contributed by atoms with Crippen molar-refractivity contribution in [1.29, 1.82) is 0 Å². The molecule has 0 saturated heterocycles. The number of hydrazine groups is 1. The van der Waals surface area contributed by atoms with Crippen LogP contribution in [0.3, 0.4) is 0 Å². The van der Waals surface area contributed by atoms with Crippen LogP contribution < -0.4 is 16.2 Å². The second kappa shape index (κ2) is 6.39. The number of hydrogen-bond donors (Lipinski definition) is 3. The van der Waals surface area contributed by atoms with Crippen molar-refractivity contribution in [3.63, 3.8) is 0 Å². The van der Waals surface area contributed by atoms with E-state index in [-0.39, 0.29) is 17.3 Å². The Labute approximate surface area is 132 Å². The maximum absolute atomic E-state index is 13.4. The molecular formula is C15H19F2N3O3. The Hall–Kier alpha value is -2.38. The Morgan fingerprint density at radius 1 is 1.13 bits per heavy atom. The fourth-order valence-electron chi connectivity index (χ4n) is 1.78. The number of amides is 2. The molecule has 126 valence electrons. The summed E-state index contributed by atoms with van der Waals surface area (Å²) in [7, 11) is 0. The zero-order valence-electron chi connectivity index (χ0n) is 13.1. The van der Waals surface area contributed by atoms with Crippen molar-refractivity contribution in [2.75, 3.05) is 5.32 Å². The van der Waals surface area contributed by atoms with E-state index >= 15 is 0 Å². The van der Waals surface area contributed by atoms with Crippen LogP contribution >= 0.6 is 0 Å². The molecule has 6 nitrogen and oxygen atoms in total. The molecule has 0 aromatic heterocycles. The van der Waals surface area contributed by atoms with Gasteiger partial charge in [-0.15, -0.1) is 0 Å². The number of nitrogens with one attached hydrogen (secondary N) is 3. The summed E-state index contributed by atoms with van der Waals surface area (Å²) in [6, 6.07) is 1.85. The molecule has 0 aliphatic heterocycles. The number of ether oxygens (including phenoxy) is 1. The van der Waals surface area contributed by atoms with Crippen molar-refractivity contribution in [3.8, 4) is 0 Å². The molecular weight excluding hydrogens is 308 g/mol. The molecule has 1 saturated carbocycles. The quantitative estimate of drug-likeness (QED) is 0.746. The van der Waals surface area contributed by atoms with E-state index in [1.165, 1.54) is 0 Å². The average molecular weight is 327 g/mol. The summed E-state index contributed by atoms with van der Waals surface area (Å²) in [6.45, 7) is 5.00. The summed E-state index contributed by atoms with van der Waals surface area (Å²) in [6.07, 6.45) is 0.942. The van der Waals surface area contributed by atoms with Crippen LogP contribution in [0.15, 0.2) is 12.1 Å². The minimum atomic E-state index is -1.14. The van der Waals surface area contributed by atoms with Gasteiger partial charge in [-0.2, -0.15) is 0 Å². The van der Waals surface area contributed by atoms with Gasteiger partial charge in [-0.05, 0) is 39.7 Å². The summed E-state index contributed by atoms with van der Waals surface area (Å²) in [5.41, 5.74) is 3.52. The predicted molar refractivity (Wildman–Crippen MR) is 79.8 cm³/mol. The predicted octanol–water partition coefficient (Wildman–Crippen LogP) is 2.71. The van der Waals surface area contributed by atoms with E-state index in [4.69, 9.17) is 4.74 Å². The van der Waals surface area contributed by atoms with Gasteiger partial charge in [0.1, 0.15) is 5.60 Å². The first-order chi connectivity index (χ1) is 10.7. The molecule has 0 atom stereocenters. The van der Waals surface area contributed by atoms with Gasteiger partial charge in [-0.1, -0.05) is 0 Å². The van der Waals surface area contributed by atoms with Crippen LogP contribution in [-0.2, 0) is 4.74 Å². The number of rotatable bonds is 3. The standard InChI is InChI=1S/C15H19F2N3O3/c1-15(2,3)23-14(22)20-19-13(21)9-6-10(16)11(17)7-12(9)18-8-4-5-8/h6-8,18H,4-5H2,1-3H3,(H,19,21)(H,20,22). The summed E-state index contributed by atoms with van der Waals surface area (Å²) in [5, 5.41) is 2.95. The van der Waals surface area contributed by atoms with Crippen molar-refractivity contribution in [2.45, 2.75) is 45.3 Å². The monoisotopic (exact) mass is 327 g/mol. The molecule has 0 radical (unpaired) electrons. The van der Waals surface area contributed by atoms with Gasteiger partial charge >= 0.3 is 6.09 Å². The fourth-order valence-corrected chi connectivity index (χ4v) is 1.78. The lowest BCUT2D eigenvalue weighted by Crippen LogP contribution is -2.44. The topological polar surface area (TPSA) is 79.5 Å². The van der Waals surface area contributed by atoms with Crippen molar-refractivity contribution in [3.05, 3.63) is 29.3 Å². The highest BCUT2D eigenvalue weighted by Gasteiger charge is 2.25. The van der Waals surface area contributed by atoms with Crippen molar-refractivity contribution in [1.82, 2.24) is 10.9 Å². The first kappa shape index (κ1) is 17.0. The third kappa shape index (κ3) is 5.08. The Morgan fingerprint density at radius 2 is 1.74 bits per heavy atom. The molecule has 2 rings (SSSR count). The molecule has 1 fully saturated rings. The smallest absolute Gasteiger partial charge is 0.426 e. The van der Waals surface area contributed by atoms with Gasteiger partial charge in [-0.25, -0.2) is 19.0 Å². The SMILES string of the molecule is CC(C)(C)OC(=O)NNC(=O)c1cc(F)c(F)cc1NC1CC1. The van der Waals surface area contributed by atoms with Crippen LogP contribution in [0.1, 0.15) is 44.0 Å². The Bertz CT molecular complexity index is 625. The second-order valence-electron chi connectivity index (χ2n) is 6.31. The van der Waals surface area contributed by atoms with Gasteiger partial charge in [-0.3, -0.25) is 10.2 Å². The van der Waals surface area contributed by atoms with Crippen molar-refractivity contribution >= 4 is 17.7 Å². The van der Waals surface area contributed by atoms with Crippen LogP contribution in [0.2, 0.25) is 0 Å². The molecule has 3 N–H and O–H groups in total. The largest absolute Gasteiger partial charge is 0.443 e. The Morgan fingerprint density at radius 3 is 2.30 bits per heavy atom. The van der Waals surface area contributed by atoms with Crippen LogP contribution in [0, 0.1) is 11.6 Å². The summed E-state index contributed by atoms with van der Waals surface area (Å²) in [5.74, 6) is -2.98. The first-order valence-electron chi connectivity index (χ1n) is 7.20. The Balaban J connectivity index is 2.05. The van der Waals surface area contributed by atoms with E-state index in [1.54, 1.807) is 20.8 Å². The maximum Gasteiger partial charge on any atom is 0.426 e. The molecule has 8 heteroatoms. The number of carbonyl (C=O) groups excluding carboxylic acids is 2. The molecule has 0 heterocycles. The third-order valence-corrected chi connectivity index (χ3v) is 2.92. The van der Waals surface area contributed by atoms with Crippen LogP contribution in [-0.4, -0.2) is 23.6 Å². The van der Waals surface area contributed by atoms with E-state index in [0.29, 0.717) is 0 Å². The lowest BCUT2D eigenvalue weighted by Gasteiger charge is -2.20. The molecule has 1 aromatic carbocycles. The number of halogens is 2. The second-order valence-corrected chi connectivity index (χ2v) is 6.31. The van der Waals surface area contributed by atoms with Gasteiger partial charge in [0.25, 0.3) is 5.91 Å². The highest BCUT2D eigenvalue weighted by molar-refractivity contribution is 6.00. The van der Waals surface area contributed by atoms with E-state index < -0.39 is 29.2 Å². The Kier molecular flexibility index (Phi) is 4.72. The van der Waals surface area contributed by atoms with Gasteiger partial charge in [0.2, 0.25) is 0 Å². The van der Waals surface area contributed by atoms with Gasteiger partial charge in [0.15, 0.2) is 11.6 Å². The van der Waals surface area contributed by atoms with Gasteiger partial charge in [0, 0.05) is 12.1 Å². The molecule has 1 aliphatic carbocycles. The molecule has 0 bridgehead atoms. The molecule has 1 aliphatic rings. The average Bonchev–Trinajstić information content (AvgIpc) is 3.22. The third-order valence-electron chi connectivity index (χ3n) is 2.92. The minimum absolute atomic E-state index is 0.105. The van der Waals surface area contributed by atoms with E-state index in [2.05, 4.69) is 16.2 Å². The van der Waals surface area contributed by atoms with Crippen molar-refractivity contribution in [2.24, 2.45) is 0 Å². The summed E-state index contributed by atoms with van der Waals surface area (Å²) < 4.78 is 31.7. The zero-order valence-corrected chi connectivity index (χ0v) is 13.1. The van der Waals surface area contributed by atoms with Gasteiger partial charge < -0.3 is 10.1 Å². The molecule has 0 spiro atoms. The first-order valence-corrected chi connectivity index (χ1v) is 7.20. The van der Waals surface area contributed by atoms with Crippen LogP contribution in [0.5, 0.6) is 0 Å². The number of hydrogen-bond acceptors (Lipinski definition) is 4. The number of anilines is 1. The lowest BCUT2D eigenvalue weighted by molar-refractivity contribution is 0.0483. The maximum atomic E-state index is 13.4. The van der Waals surface area contributed by atoms with E-state index in [9.17, 15) is 18.4 Å². The lowest BCUT2D eigenvalue weighted by atomic mass is 10.1. The molecule has 1 aromatic rings. The zero-order chi connectivity index (χ0) is 17.2.